The predicted molar refractivity (Wildman–Crippen MR) is 127 cm³/mol. The number of aryl methyl sites for hydroxylation is 2. The van der Waals surface area contributed by atoms with E-state index in [0.717, 1.165) is 11.5 Å². The summed E-state index contributed by atoms with van der Waals surface area (Å²) >= 11 is 0. The fraction of sp³-hybridized carbons (Fsp3) is 0.0690. The minimum absolute atomic E-state index is 0. The second-order valence-electron chi connectivity index (χ2n) is 8.08. The molecule has 3 heteroatoms. The minimum atomic E-state index is 0. The van der Waals surface area contributed by atoms with Crippen LogP contribution in [0.2, 0.25) is 0 Å². The van der Waals surface area contributed by atoms with E-state index < -0.39 is 0 Å². The van der Waals surface area contributed by atoms with Crippen LogP contribution >= 0.6 is 0 Å². The molecule has 151 valence electrons. The van der Waals surface area contributed by atoms with Gasteiger partial charge in [-0.05, 0) is 44.8 Å². The second-order valence-corrected chi connectivity index (χ2v) is 8.08. The summed E-state index contributed by atoms with van der Waals surface area (Å²) in [5, 5.41) is 7.76. The molecule has 6 aromatic rings. The third-order valence-corrected chi connectivity index (χ3v) is 6.19. The van der Waals surface area contributed by atoms with Crippen LogP contribution in [-0.4, -0.2) is 4.57 Å². The number of nitrogens with zero attached hydrogens (tertiary/aromatic N) is 2. The van der Waals surface area contributed by atoms with Crippen LogP contribution in [0.3, 0.4) is 0 Å². The molecule has 0 bridgehead atoms. The molecule has 0 saturated carbocycles. The number of rotatable bonds is 2. The van der Waals surface area contributed by atoms with Crippen LogP contribution in [0.15, 0.2) is 91.1 Å². The molecule has 0 unspecified atom stereocenters. The Morgan fingerprint density at radius 3 is 1.88 bits per heavy atom. The Balaban J connectivity index is 0.00000216. The molecule has 5 aromatic carbocycles. The molecule has 1 aromatic heterocycles. The van der Waals surface area contributed by atoms with Crippen LogP contribution < -0.4 is 4.57 Å². The molecule has 1 radical (unpaired) electrons. The second kappa shape index (κ2) is 8.28. The summed E-state index contributed by atoms with van der Waals surface area (Å²) in [7, 11) is 2.08. The van der Waals surface area contributed by atoms with E-state index in [4.69, 9.17) is 0 Å². The van der Waals surface area contributed by atoms with Gasteiger partial charge in [0.2, 0.25) is 0 Å². The molecule has 0 aliphatic carbocycles. The molecule has 32 heavy (non-hydrogen) atoms. The summed E-state index contributed by atoms with van der Waals surface area (Å²) in [5.41, 5.74) is 3.43. The third-order valence-electron chi connectivity index (χ3n) is 6.19. The predicted octanol–water partition coefficient (Wildman–Crippen LogP) is 6.33. The number of hydrogen-bond acceptors (Lipinski definition) is 0. The number of imidazole rings is 1. The van der Waals surface area contributed by atoms with Crippen molar-refractivity contribution in [1.82, 2.24) is 4.57 Å². The molecule has 0 aliphatic heterocycles. The molecule has 6 rings (SSSR count). The number of benzene rings is 5. The summed E-state index contributed by atoms with van der Waals surface area (Å²) in [6, 6.07) is 33.5. The zero-order valence-corrected chi connectivity index (χ0v) is 21.0. The summed E-state index contributed by atoms with van der Waals surface area (Å²) in [4.78, 5) is 0. The first-order valence-corrected chi connectivity index (χ1v) is 10.5. The molecule has 0 aliphatic rings. The van der Waals surface area contributed by atoms with Gasteiger partial charge >= 0.3 is 0 Å². The normalized spacial score (nSPS) is 11.2. The fourth-order valence-corrected chi connectivity index (χ4v) is 4.74. The van der Waals surface area contributed by atoms with E-state index in [0.29, 0.717) is 0 Å². The van der Waals surface area contributed by atoms with Crippen molar-refractivity contribution in [2.24, 2.45) is 7.05 Å². The Hall–Kier alpha value is -2.81. The van der Waals surface area contributed by atoms with Crippen LogP contribution in [-0.2, 0) is 39.8 Å². The summed E-state index contributed by atoms with van der Waals surface area (Å²) in [5.74, 6) is 1.10. The summed E-state index contributed by atoms with van der Waals surface area (Å²) < 4.78 is 4.23. The van der Waals surface area contributed by atoms with E-state index in [2.05, 4.69) is 102 Å². The van der Waals surface area contributed by atoms with E-state index in [1.807, 2.05) is 24.4 Å². The van der Waals surface area contributed by atoms with E-state index in [1.165, 1.54) is 43.4 Å². The van der Waals surface area contributed by atoms with Crippen molar-refractivity contribution in [1.29, 1.82) is 0 Å². The molecule has 0 fully saturated rings. The van der Waals surface area contributed by atoms with E-state index in [1.54, 1.807) is 0 Å². The Kier molecular flexibility index (Phi) is 5.45. The zero-order chi connectivity index (χ0) is 20.9. The quantitative estimate of drug-likeness (QED) is 0.154. The van der Waals surface area contributed by atoms with Crippen LogP contribution in [0.5, 0.6) is 0 Å². The average Bonchev–Trinajstić information content (AvgIpc) is 3.20. The Bertz CT molecular complexity index is 1600. The standard InChI is InChI=1S/C29H21N2.Y/c1-20-18-27-24-14-8-6-12-22(24)23-13-7-9-15-25(23)28(27)19-26(20)29-30(2)16-17-31(29)21-10-4-3-5-11-21;/h3-10,12-16,18-19H,1-2H3;/q-1;. The molecule has 1 heterocycles. The first kappa shape index (κ1) is 21.1. The Morgan fingerprint density at radius 2 is 1.28 bits per heavy atom. The third kappa shape index (κ3) is 3.21. The van der Waals surface area contributed by atoms with Gasteiger partial charge in [0.05, 0.1) is 19.4 Å². The number of aromatic nitrogens is 2. The fourth-order valence-electron chi connectivity index (χ4n) is 4.74. The largest absolute Gasteiger partial charge is 0.378 e. The van der Waals surface area contributed by atoms with Gasteiger partial charge in [-0.25, -0.2) is 6.07 Å². The summed E-state index contributed by atoms with van der Waals surface area (Å²) in [6.07, 6.45) is 5.36. The molecule has 2 nitrogen and oxygen atoms in total. The van der Waals surface area contributed by atoms with Gasteiger partial charge in [-0.2, -0.15) is 24.3 Å². The van der Waals surface area contributed by atoms with Crippen molar-refractivity contribution >= 4 is 32.3 Å². The van der Waals surface area contributed by atoms with Crippen molar-refractivity contribution < 1.29 is 37.3 Å². The van der Waals surface area contributed by atoms with Crippen LogP contribution in [0.4, 0.5) is 0 Å². The van der Waals surface area contributed by atoms with Gasteiger partial charge in [0, 0.05) is 38.3 Å². The summed E-state index contributed by atoms with van der Waals surface area (Å²) in [6.45, 7) is 2.20. The van der Waals surface area contributed by atoms with Crippen LogP contribution in [0.25, 0.3) is 49.4 Å². The topological polar surface area (TPSA) is 8.81 Å². The Morgan fingerprint density at radius 1 is 0.719 bits per heavy atom. The molecule has 0 amide bonds. The van der Waals surface area contributed by atoms with Gasteiger partial charge in [-0.3, -0.25) is 4.57 Å². The monoisotopic (exact) mass is 486 g/mol. The smallest absolute Gasteiger partial charge is 0.184 e. The first-order chi connectivity index (χ1) is 15.2. The number of fused-ring (bicyclic) bond motifs is 6. The molecule has 0 N–H and O–H groups in total. The van der Waals surface area contributed by atoms with Gasteiger partial charge in [-0.15, -0.1) is 0 Å². The molecular weight excluding hydrogens is 465 g/mol. The molecule has 0 spiro atoms. The molecular formula is C29H21N2Y-. The molecule has 0 saturated heterocycles. The SMILES string of the molecule is Cc1cc2c3ccccc3c3ccccc3c2cc1-c1n(C)c[c-][n+]1-c1[c-]cccc1.[Y]. The van der Waals surface area contributed by atoms with Gasteiger partial charge in [0.25, 0.3) is 0 Å². The maximum atomic E-state index is 3.38. The maximum absolute atomic E-state index is 3.38. The first-order valence-electron chi connectivity index (χ1n) is 10.5. The van der Waals surface area contributed by atoms with Crippen molar-refractivity contribution in [3.8, 4) is 17.1 Å². The average molecular weight is 486 g/mol. The number of hydrogen-bond donors (Lipinski definition) is 0. The van der Waals surface area contributed by atoms with Crippen molar-refractivity contribution in [3.05, 3.63) is 109 Å². The van der Waals surface area contributed by atoms with E-state index in [-0.39, 0.29) is 32.7 Å². The molecule has 0 atom stereocenters. The van der Waals surface area contributed by atoms with Crippen molar-refractivity contribution in [2.45, 2.75) is 6.92 Å². The minimum Gasteiger partial charge on any atom is -0.378 e. The van der Waals surface area contributed by atoms with E-state index >= 15 is 0 Å². The van der Waals surface area contributed by atoms with Crippen LogP contribution in [0.1, 0.15) is 5.56 Å². The zero-order valence-electron chi connectivity index (χ0n) is 18.1. The number of para-hydroxylation sites is 1. The van der Waals surface area contributed by atoms with Crippen molar-refractivity contribution in [3.63, 3.8) is 0 Å². The van der Waals surface area contributed by atoms with Gasteiger partial charge in [0.1, 0.15) is 0 Å². The Labute approximate surface area is 213 Å². The van der Waals surface area contributed by atoms with Gasteiger partial charge in [0.15, 0.2) is 5.82 Å². The van der Waals surface area contributed by atoms with Crippen LogP contribution in [0, 0.1) is 19.2 Å². The van der Waals surface area contributed by atoms with E-state index in [9.17, 15) is 0 Å². The maximum Gasteiger partial charge on any atom is 0.184 e. The van der Waals surface area contributed by atoms with Gasteiger partial charge < -0.3 is 4.57 Å². The van der Waals surface area contributed by atoms with Gasteiger partial charge in [-0.1, -0.05) is 66.4 Å². The van der Waals surface area contributed by atoms with Crippen molar-refractivity contribution in [2.75, 3.05) is 0 Å².